The van der Waals surface area contributed by atoms with Gasteiger partial charge in [-0.1, -0.05) is 24.3 Å². The van der Waals surface area contributed by atoms with E-state index in [1.165, 1.54) is 23.1 Å². The first-order valence-electron chi connectivity index (χ1n) is 8.18. The van der Waals surface area contributed by atoms with Crippen LogP contribution in [0.1, 0.15) is 21.5 Å². The van der Waals surface area contributed by atoms with E-state index in [0.29, 0.717) is 12.1 Å². The molecular weight excluding hydrogens is 354 g/mol. The van der Waals surface area contributed by atoms with Crippen molar-refractivity contribution in [1.82, 2.24) is 10.2 Å². The number of likely N-dealkylation sites (N-methyl/N-ethyl adjacent to an activating group) is 1. The molecule has 2 aromatic carbocycles. The number of hydrogen-bond acceptors (Lipinski definition) is 3. The summed E-state index contributed by atoms with van der Waals surface area (Å²) >= 11 is 0. The van der Waals surface area contributed by atoms with Gasteiger partial charge in [0.25, 0.3) is 5.91 Å². The maximum absolute atomic E-state index is 12.2. The van der Waals surface area contributed by atoms with Gasteiger partial charge in [-0.25, -0.2) is 0 Å². The fourth-order valence-corrected chi connectivity index (χ4v) is 2.31. The molecule has 0 atom stereocenters. The van der Waals surface area contributed by atoms with Gasteiger partial charge in [0, 0.05) is 32.3 Å². The number of ether oxygens (including phenoxy) is 1. The Balaban J connectivity index is 1.92. The summed E-state index contributed by atoms with van der Waals surface area (Å²) in [6, 6.07) is 13.0. The van der Waals surface area contributed by atoms with Crippen molar-refractivity contribution >= 4 is 17.9 Å². The fourth-order valence-electron chi connectivity index (χ4n) is 2.31. The standard InChI is InChI=1S/C20H20F2N2O3/c1-23-19(26)16-8-3-14(4-9-16)7-12-18(25)24(2)13-15-5-10-17(11-6-15)27-20(21)22/h3-12,20H,13H2,1-2H3,(H,23,26)/b12-7+. The predicted molar refractivity (Wildman–Crippen MR) is 98.4 cm³/mol. The molecule has 0 aliphatic carbocycles. The average Bonchev–Trinajstić information content (AvgIpc) is 2.67. The summed E-state index contributed by atoms with van der Waals surface area (Å²) in [4.78, 5) is 25.2. The minimum atomic E-state index is -2.87. The number of nitrogens with zero attached hydrogens (tertiary/aromatic N) is 1. The molecule has 0 saturated carbocycles. The maximum Gasteiger partial charge on any atom is 0.387 e. The van der Waals surface area contributed by atoms with Crippen molar-refractivity contribution in [3.63, 3.8) is 0 Å². The summed E-state index contributed by atoms with van der Waals surface area (Å²) in [5, 5.41) is 2.54. The van der Waals surface area contributed by atoms with Gasteiger partial charge in [0.05, 0.1) is 0 Å². The maximum atomic E-state index is 12.2. The number of hydrogen-bond donors (Lipinski definition) is 1. The monoisotopic (exact) mass is 374 g/mol. The molecule has 2 aromatic rings. The van der Waals surface area contributed by atoms with Gasteiger partial charge in [0.2, 0.25) is 5.91 Å². The van der Waals surface area contributed by atoms with Gasteiger partial charge in [-0.15, -0.1) is 0 Å². The molecule has 0 bridgehead atoms. The van der Waals surface area contributed by atoms with Gasteiger partial charge in [0.15, 0.2) is 0 Å². The van der Waals surface area contributed by atoms with Crippen LogP contribution in [0.15, 0.2) is 54.6 Å². The lowest BCUT2D eigenvalue weighted by Crippen LogP contribution is -2.24. The van der Waals surface area contributed by atoms with Crippen LogP contribution in [0.4, 0.5) is 8.78 Å². The zero-order chi connectivity index (χ0) is 19.8. The molecule has 0 saturated heterocycles. The van der Waals surface area contributed by atoms with E-state index < -0.39 is 6.61 Å². The van der Waals surface area contributed by atoms with E-state index in [9.17, 15) is 18.4 Å². The van der Waals surface area contributed by atoms with Crippen LogP contribution in [-0.4, -0.2) is 37.4 Å². The smallest absolute Gasteiger partial charge is 0.387 e. The summed E-state index contributed by atoms with van der Waals surface area (Å²) in [6.07, 6.45) is 3.09. The van der Waals surface area contributed by atoms with Crippen molar-refractivity contribution < 1.29 is 23.1 Å². The van der Waals surface area contributed by atoms with Crippen molar-refractivity contribution in [2.45, 2.75) is 13.2 Å². The Bertz CT molecular complexity index is 803. The van der Waals surface area contributed by atoms with Crippen molar-refractivity contribution in [1.29, 1.82) is 0 Å². The number of benzene rings is 2. The molecule has 1 N–H and O–H groups in total. The Kier molecular flexibility index (Phi) is 7.05. The molecule has 0 fully saturated rings. The Morgan fingerprint density at radius 2 is 1.74 bits per heavy atom. The van der Waals surface area contributed by atoms with Gasteiger partial charge in [0.1, 0.15) is 5.75 Å². The van der Waals surface area contributed by atoms with Crippen LogP contribution in [0.2, 0.25) is 0 Å². The van der Waals surface area contributed by atoms with E-state index in [4.69, 9.17) is 0 Å². The summed E-state index contributed by atoms with van der Waals surface area (Å²) in [6.45, 7) is -2.54. The Labute approximate surface area is 156 Å². The first-order chi connectivity index (χ1) is 12.9. The van der Waals surface area contributed by atoms with Crippen LogP contribution in [-0.2, 0) is 11.3 Å². The van der Waals surface area contributed by atoms with E-state index in [2.05, 4.69) is 10.1 Å². The largest absolute Gasteiger partial charge is 0.435 e. The molecule has 2 amide bonds. The van der Waals surface area contributed by atoms with Crippen molar-refractivity contribution in [2.75, 3.05) is 14.1 Å². The van der Waals surface area contributed by atoms with Gasteiger partial charge in [-0.2, -0.15) is 8.78 Å². The molecule has 2 rings (SSSR count). The number of alkyl halides is 2. The normalized spacial score (nSPS) is 10.9. The predicted octanol–water partition coefficient (Wildman–Crippen LogP) is 3.32. The number of nitrogens with one attached hydrogen (secondary N) is 1. The number of rotatable bonds is 7. The van der Waals surface area contributed by atoms with Crippen LogP contribution < -0.4 is 10.1 Å². The van der Waals surface area contributed by atoms with Crippen LogP contribution in [0.25, 0.3) is 6.08 Å². The van der Waals surface area contributed by atoms with E-state index in [1.54, 1.807) is 56.6 Å². The summed E-state index contributed by atoms with van der Waals surface area (Å²) in [7, 11) is 3.20. The quantitative estimate of drug-likeness (QED) is 0.757. The Hall–Kier alpha value is -3.22. The first kappa shape index (κ1) is 20.1. The third-order valence-electron chi connectivity index (χ3n) is 3.76. The number of carbonyl (C=O) groups is 2. The second kappa shape index (κ2) is 9.47. The highest BCUT2D eigenvalue weighted by Gasteiger charge is 2.08. The molecule has 0 radical (unpaired) electrons. The lowest BCUT2D eigenvalue weighted by Gasteiger charge is -2.15. The van der Waals surface area contributed by atoms with Gasteiger partial charge in [-0.05, 0) is 41.5 Å². The average molecular weight is 374 g/mol. The van der Waals surface area contributed by atoms with E-state index >= 15 is 0 Å². The second-order valence-corrected chi connectivity index (χ2v) is 5.75. The Morgan fingerprint density at radius 1 is 1.11 bits per heavy atom. The minimum Gasteiger partial charge on any atom is -0.435 e. The van der Waals surface area contributed by atoms with Crippen molar-refractivity contribution in [3.05, 3.63) is 71.3 Å². The van der Waals surface area contributed by atoms with E-state index in [1.807, 2.05) is 0 Å². The lowest BCUT2D eigenvalue weighted by atomic mass is 10.1. The minimum absolute atomic E-state index is 0.0721. The fraction of sp³-hybridized carbons (Fsp3) is 0.200. The number of carbonyl (C=O) groups excluding carboxylic acids is 2. The van der Waals surface area contributed by atoms with Crippen LogP contribution >= 0.6 is 0 Å². The van der Waals surface area contributed by atoms with Crippen LogP contribution in [0, 0.1) is 0 Å². The van der Waals surface area contributed by atoms with Gasteiger partial charge in [-0.3, -0.25) is 9.59 Å². The van der Waals surface area contributed by atoms with Crippen LogP contribution in [0.5, 0.6) is 5.75 Å². The first-order valence-corrected chi connectivity index (χ1v) is 8.18. The molecule has 7 heteroatoms. The zero-order valence-electron chi connectivity index (χ0n) is 15.0. The molecule has 0 aromatic heterocycles. The SMILES string of the molecule is CNC(=O)c1ccc(/C=C/C(=O)N(C)Cc2ccc(OC(F)F)cc2)cc1. The molecular formula is C20H20F2N2O3. The molecule has 27 heavy (non-hydrogen) atoms. The number of halogens is 2. The van der Waals surface area contributed by atoms with Gasteiger partial charge < -0.3 is 15.0 Å². The highest BCUT2D eigenvalue weighted by molar-refractivity contribution is 5.94. The number of amides is 2. The van der Waals surface area contributed by atoms with Crippen molar-refractivity contribution in [3.8, 4) is 5.75 Å². The lowest BCUT2D eigenvalue weighted by molar-refractivity contribution is -0.125. The molecule has 0 unspecified atom stereocenters. The second-order valence-electron chi connectivity index (χ2n) is 5.75. The van der Waals surface area contributed by atoms with Crippen molar-refractivity contribution in [2.24, 2.45) is 0 Å². The third-order valence-corrected chi connectivity index (χ3v) is 3.76. The van der Waals surface area contributed by atoms with E-state index in [0.717, 1.165) is 11.1 Å². The molecule has 0 spiro atoms. The molecule has 0 aliphatic heterocycles. The van der Waals surface area contributed by atoms with Gasteiger partial charge >= 0.3 is 6.61 Å². The van der Waals surface area contributed by atoms with E-state index in [-0.39, 0.29) is 17.6 Å². The molecule has 0 heterocycles. The van der Waals surface area contributed by atoms with Crippen LogP contribution in [0.3, 0.4) is 0 Å². The zero-order valence-corrected chi connectivity index (χ0v) is 15.0. The summed E-state index contributed by atoms with van der Waals surface area (Å²) < 4.78 is 28.6. The summed E-state index contributed by atoms with van der Waals surface area (Å²) in [5.41, 5.74) is 2.12. The highest BCUT2D eigenvalue weighted by Crippen LogP contribution is 2.16. The highest BCUT2D eigenvalue weighted by atomic mass is 19.3. The Morgan fingerprint density at radius 3 is 2.30 bits per heavy atom. The summed E-state index contributed by atoms with van der Waals surface area (Å²) in [5.74, 6) is -0.313. The molecule has 0 aliphatic rings. The third kappa shape index (κ3) is 6.22. The topological polar surface area (TPSA) is 58.6 Å². The molecule has 5 nitrogen and oxygen atoms in total. The molecule has 142 valence electrons.